The molecule has 0 unspecified atom stereocenters. The average molecular weight is 174 g/mol. The summed E-state index contributed by atoms with van der Waals surface area (Å²) in [7, 11) is 1.79. The van der Waals surface area contributed by atoms with Crippen LogP contribution in [0.3, 0.4) is 0 Å². The fourth-order valence-corrected chi connectivity index (χ4v) is 1.17. The quantitative estimate of drug-likeness (QED) is 0.742. The highest BCUT2D eigenvalue weighted by atomic mass is 19.3. The molecular weight excluding hydrogens is 162 g/mol. The maximum atomic E-state index is 11.9. The van der Waals surface area contributed by atoms with E-state index in [4.69, 9.17) is 5.73 Å². The lowest BCUT2D eigenvalue weighted by atomic mass is 10.1. The Labute approximate surface area is 70.0 Å². The molecule has 0 aromatic carbocycles. The predicted octanol–water partition coefficient (Wildman–Crippen LogP) is 1.68. The maximum Gasteiger partial charge on any atom is 0.240 e. The van der Waals surface area contributed by atoms with Crippen LogP contribution in [0.5, 0.6) is 0 Å². The lowest BCUT2D eigenvalue weighted by molar-refractivity contribution is 0.127. The van der Waals surface area contributed by atoms with E-state index in [2.05, 4.69) is 0 Å². The second-order valence-corrected chi connectivity index (χ2v) is 2.78. The van der Waals surface area contributed by atoms with Crippen LogP contribution in [0.4, 0.5) is 8.78 Å². The molecule has 2 N–H and O–H groups in total. The highest BCUT2D eigenvalue weighted by Crippen LogP contribution is 2.17. The summed E-state index contributed by atoms with van der Waals surface area (Å²) in [5.41, 5.74) is 6.29. The molecule has 0 amide bonds. The van der Waals surface area contributed by atoms with Crippen LogP contribution >= 0.6 is 0 Å². The Kier molecular flexibility index (Phi) is 2.81. The molecule has 68 valence electrons. The summed E-state index contributed by atoms with van der Waals surface area (Å²) in [5, 5.41) is 0. The molecule has 1 heterocycles. The van der Waals surface area contributed by atoms with Crippen molar-refractivity contribution in [3.8, 4) is 0 Å². The highest BCUT2D eigenvalue weighted by molar-refractivity contribution is 5.10. The van der Waals surface area contributed by atoms with Crippen LogP contribution in [-0.2, 0) is 7.05 Å². The second kappa shape index (κ2) is 3.67. The Bertz CT molecular complexity index is 245. The van der Waals surface area contributed by atoms with Gasteiger partial charge < -0.3 is 10.3 Å². The van der Waals surface area contributed by atoms with Gasteiger partial charge in [-0.2, -0.15) is 0 Å². The molecule has 0 saturated carbocycles. The number of aromatic nitrogens is 1. The molecule has 0 saturated heterocycles. The van der Waals surface area contributed by atoms with Gasteiger partial charge in [-0.1, -0.05) is 0 Å². The van der Waals surface area contributed by atoms with Gasteiger partial charge in [0, 0.05) is 25.4 Å². The lowest BCUT2D eigenvalue weighted by Crippen LogP contribution is -2.16. The van der Waals surface area contributed by atoms with Gasteiger partial charge in [0.15, 0.2) is 0 Å². The Morgan fingerprint density at radius 1 is 1.58 bits per heavy atom. The van der Waals surface area contributed by atoms with Crippen LogP contribution in [-0.4, -0.2) is 11.0 Å². The average Bonchev–Trinajstić information content (AvgIpc) is 2.33. The maximum absolute atomic E-state index is 11.9. The summed E-state index contributed by atoms with van der Waals surface area (Å²) in [6.07, 6.45) is -0.826. The van der Waals surface area contributed by atoms with E-state index >= 15 is 0 Å². The molecular formula is C8H12F2N2. The monoisotopic (exact) mass is 174 g/mol. The van der Waals surface area contributed by atoms with Crippen molar-refractivity contribution in [2.75, 3.05) is 0 Å². The molecule has 0 bridgehead atoms. The van der Waals surface area contributed by atoms with Crippen molar-refractivity contribution in [1.82, 2.24) is 4.57 Å². The number of hydrogen-bond acceptors (Lipinski definition) is 1. The van der Waals surface area contributed by atoms with Crippen molar-refractivity contribution < 1.29 is 8.78 Å². The van der Waals surface area contributed by atoms with Gasteiger partial charge in [0.05, 0.1) is 6.04 Å². The number of alkyl halides is 2. The summed E-state index contributed by atoms with van der Waals surface area (Å²) < 4.78 is 25.6. The van der Waals surface area contributed by atoms with Crippen molar-refractivity contribution in [2.24, 2.45) is 12.8 Å². The number of aryl methyl sites for hydroxylation is 1. The summed E-state index contributed by atoms with van der Waals surface area (Å²) >= 11 is 0. The van der Waals surface area contributed by atoms with Crippen LogP contribution in [0.15, 0.2) is 18.3 Å². The fraction of sp³-hybridized carbons (Fsp3) is 0.500. The molecule has 0 aliphatic rings. The Balaban J connectivity index is 2.65. The number of rotatable bonds is 3. The van der Waals surface area contributed by atoms with Gasteiger partial charge in [-0.3, -0.25) is 0 Å². The van der Waals surface area contributed by atoms with E-state index in [0.717, 1.165) is 5.69 Å². The van der Waals surface area contributed by atoms with Crippen molar-refractivity contribution in [3.63, 3.8) is 0 Å². The lowest BCUT2D eigenvalue weighted by Gasteiger charge is -2.11. The van der Waals surface area contributed by atoms with Gasteiger partial charge in [-0.15, -0.1) is 0 Å². The topological polar surface area (TPSA) is 30.9 Å². The smallest absolute Gasteiger partial charge is 0.240 e. The van der Waals surface area contributed by atoms with Crippen LogP contribution < -0.4 is 5.73 Å². The number of nitrogens with two attached hydrogens (primary N) is 1. The van der Waals surface area contributed by atoms with Crippen LogP contribution in [0, 0.1) is 0 Å². The summed E-state index contributed by atoms with van der Waals surface area (Å²) in [6, 6.07) is 2.98. The van der Waals surface area contributed by atoms with Crippen molar-refractivity contribution in [1.29, 1.82) is 0 Å². The van der Waals surface area contributed by atoms with Gasteiger partial charge >= 0.3 is 0 Å². The first-order valence-corrected chi connectivity index (χ1v) is 3.76. The first kappa shape index (κ1) is 9.19. The molecule has 4 heteroatoms. The first-order valence-electron chi connectivity index (χ1n) is 3.76. The van der Waals surface area contributed by atoms with Crippen molar-refractivity contribution in [2.45, 2.75) is 18.9 Å². The van der Waals surface area contributed by atoms with E-state index in [1.807, 2.05) is 0 Å². The third-order valence-electron chi connectivity index (χ3n) is 1.80. The van der Waals surface area contributed by atoms with E-state index in [0.29, 0.717) is 0 Å². The zero-order chi connectivity index (χ0) is 9.14. The van der Waals surface area contributed by atoms with E-state index < -0.39 is 12.5 Å². The van der Waals surface area contributed by atoms with Gasteiger partial charge in [-0.25, -0.2) is 8.78 Å². The third kappa shape index (κ3) is 2.04. The molecule has 0 aliphatic heterocycles. The molecule has 1 rings (SSSR count). The van der Waals surface area contributed by atoms with E-state index in [-0.39, 0.29) is 6.42 Å². The van der Waals surface area contributed by atoms with Crippen molar-refractivity contribution >= 4 is 0 Å². The molecule has 12 heavy (non-hydrogen) atoms. The SMILES string of the molecule is Cn1cccc1[C@H](N)CC(F)F. The molecule has 0 radical (unpaired) electrons. The zero-order valence-corrected chi connectivity index (χ0v) is 6.87. The second-order valence-electron chi connectivity index (χ2n) is 2.78. The first-order chi connectivity index (χ1) is 5.61. The largest absolute Gasteiger partial charge is 0.353 e. The third-order valence-corrected chi connectivity index (χ3v) is 1.80. The minimum atomic E-state index is -2.34. The molecule has 1 aromatic rings. The molecule has 1 aromatic heterocycles. The van der Waals surface area contributed by atoms with Gasteiger partial charge in [0.2, 0.25) is 6.43 Å². The van der Waals surface area contributed by atoms with Crippen LogP contribution in [0.1, 0.15) is 18.2 Å². The number of hydrogen-bond donors (Lipinski definition) is 1. The van der Waals surface area contributed by atoms with Gasteiger partial charge in [0.1, 0.15) is 0 Å². The Hall–Kier alpha value is -0.900. The van der Waals surface area contributed by atoms with E-state index in [1.165, 1.54) is 0 Å². The number of halogens is 2. The normalized spacial score (nSPS) is 13.8. The molecule has 0 aliphatic carbocycles. The predicted molar refractivity (Wildman–Crippen MR) is 43.0 cm³/mol. The number of nitrogens with zero attached hydrogens (tertiary/aromatic N) is 1. The van der Waals surface area contributed by atoms with E-state index in [9.17, 15) is 8.78 Å². The van der Waals surface area contributed by atoms with E-state index in [1.54, 1.807) is 29.9 Å². The zero-order valence-electron chi connectivity index (χ0n) is 6.87. The Morgan fingerprint density at radius 3 is 2.67 bits per heavy atom. The summed E-state index contributed by atoms with van der Waals surface area (Å²) in [6.45, 7) is 0. The minimum Gasteiger partial charge on any atom is -0.353 e. The fourth-order valence-electron chi connectivity index (χ4n) is 1.17. The van der Waals surface area contributed by atoms with Crippen molar-refractivity contribution in [3.05, 3.63) is 24.0 Å². The standard InChI is InChI=1S/C8H12F2N2/c1-12-4-2-3-7(12)6(11)5-8(9)10/h2-4,6,8H,5,11H2,1H3/t6-/m1/s1. The highest BCUT2D eigenvalue weighted by Gasteiger charge is 2.14. The summed E-state index contributed by atoms with van der Waals surface area (Å²) in [4.78, 5) is 0. The van der Waals surface area contributed by atoms with Crippen LogP contribution in [0.2, 0.25) is 0 Å². The molecule has 0 fully saturated rings. The minimum absolute atomic E-state index is 0.280. The summed E-state index contributed by atoms with van der Waals surface area (Å²) in [5.74, 6) is 0. The molecule has 2 nitrogen and oxygen atoms in total. The Morgan fingerprint density at radius 2 is 2.25 bits per heavy atom. The van der Waals surface area contributed by atoms with Crippen LogP contribution in [0.25, 0.3) is 0 Å². The van der Waals surface area contributed by atoms with Gasteiger partial charge in [-0.05, 0) is 12.1 Å². The molecule has 1 atom stereocenters. The van der Waals surface area contributed by atoms with Gasteiger partial charge in [0.25, 0.3) is 0 Å². The molecule has 0 spiro atoms.